The van der Waals surface area contributed by atoms with Gasteiger partial charge in [-0.25, -0.2) is 17.5 Å². The molecular weight excluding hydrogens is 400 g/mol. The minimum absolute atomic E-state index is 0.106. The van der Waals surface area contributed by atoms with Crippen LogP contribution < -0.4 is 5.69 Å². The second-order valence-corrected chi connectivity index (χ2v) is 10.1. The van der Waals surface area contributed by atoms with Crippen molar-refractivity contribution in [1.82, 2.24) is 18.3 Å². The standard InChI is InChI=1S/C22H28N4O3S/c1-4-25-20-13-12-18(30(28,29)23(2)3)15-21(20)26(22(25)27)16-24-14-8-11-19(24)17-9-6-5-7-10-17/h5-7,9-10,12-13,15,19H,4,8,11,14,16H2,1-3H3/t19-/m0/s1. The van der Waals surface area contributed by atoms with Crippen LogP contribution >= 0.6 is 0 Å². The van der Waals surface area contributed by atoms with Crippen molar-refractivity contribution in [3.05, 3.63) is 64.6 Å². The maximum Gasteiger partial charge on any atom is 0.330 e. The topological polar surface area (TPSA) is 67.5 Å². The quantitative estimate of drug-likeness (QED) is 0.606. The van der Waals surface area contributed by atoms with Gasteiger partial charge in [-0.05, 0) is 43.5 Å². The predicted molar refractivity (Wildman–Crippen MR) is 118 cm³/mol. The van der Waals surface area contributed by atoms with Gasteiger partial charge in [0, 0.05) is 33.2 Å². The van der Waals surface area contributed by atoms with E-state index in [1.165, 1.54) is 24.0 Å². The van der Waals surface area contributed by atoms with E-state index >= 15 is 0 Å². The largest absolute Gasteiger partial charge is 0.330 e. The first-order chi connectivity index (χ1) is 14.3. The molecule has 30 heavy (non-hydrogen) atoms. The number of benzene rings is 2. The molecule has 1 fully saturated rings. The molecule has 7 nitrogen and oxygen atoms in total. The Balaban J connectivity index is 1.80. The summed E-state index contributed by atoms with van der Waals surface area (Å²) >= 11 is 0. The van der Waals surface area contributed by atoms with Crippen molar-refractivity contribution in [3.63, 3.8) is 0 Å². The summed E-state index contributed by atoms with van der Waals surface area (Å²) in [6.45, 7) is 3.80. The summed E-state index contributed by atoms with van der Waals surface area (Å²) in [5, 5.41) is 0. The van der Waals surface area contributed by atoms with Gasteiger partial charge >= 0.3 is 5.69 Å². The summed E-state index contributed by atoms with van der Waals surface area (Å²) < 4.78 is 29.9. The third-order valence-electron chi connectivity index (χ3n) is 5.96. The van der Waals surface area contributed by atoms with Gasteiger partial charge in [-0.1, -0.05) is 30.3 Å². The van der Waals surface area contributed by atoms with E-state index in [9.17, 15) is 13.2 Å². The molecule has 1 saturated heterocycles. The molecule has 0 N–H and O–H groups in total. The number of hydrogen-bond donors (Lipinski definition) is 0. The summed E-state index contributed by atoms with van der Waals surface area (Å²) in [6, 6.07) is 15.6. The second-order valence-electron chi connectivity index (χ2n) is 7.92. The van der Waals surface area contributed by atoms with E-state index in [-0.39, 0.29) is 16.6 Å². The van der Waals surface area contributed by atoms with E-state index in [0.29, 0.717) is 18.7 Å². The fourth-order valence-corrected chi connectivity index (χ4v) is 5.26. The van der Waals surface area contributed by atoms with Crippen molar-refractivity contribution in [2.24, 2.45) is 0 Å². The van der Waals surface area contributed by atoms with E-state index in [1.54, 1.807) is 27.3 Å². The maximum atomic E-state index is 13.2. The SMILES string of the molecule is CCn1c(=O)n(CN2CCC[C@H]2c2ccccc2)c2cc(S(=O)(=O)N(C)C)ccc21. The Labute approximate surface area is 177 Å². The molecule has 3 aromatic rings. The summed E-state index contributed by atoms with van der Waals surface area (Å²) in [6.07, 6.45) is 2.12. The van der Waals surface area contributed by atoms with Crippen LogP contribution in [0.3, 0.4) is 0 Å². The van der Waals surface area contributed by atoms with Crippen molar-refractivity contribution in [3.8, 4) is 0 Å². The Bertz CT molecular complexity index is 1210. The maximum absolute atomic E-state index is 13.2. The van der Waals surface area contributed by atoms with Crippen LogP contribution in [0.5, 0.6) is 0 Å². The third kappa shape index (κ3) is 3.49. The van der Waals surface area contributed by atoms with E-state index in [0.717, 1.165) is 24.9 Å². The second kappa shape index (κ2) is 8.02. The first-order valence-corrected chi connectivity index (χ1v) is 11.7. The van der Waals surface area contributed by atoms with E-state index in [1.807, 2.05) is 25.1 Å². The molecule has 1 aromatic heterocycles. The minimum Gasteiger partial charge on any atom is -0.292 e. The summed E-state index contributed by atoms with van der Waals surface area (Å²) in [5.74, 6) is 0. The van der Waals surface area contributed by atoms with Crippen molar-refractivity contribution >= 4 is 21.1 Å². The minimum atomic E-state index is -3.58. The highest BCUT2D eigenvalue weighted by molar-refractivity contribution is 7.89. The van der Waals surface area contributed by atoms with Crippen LogP contribution in [0.1, 0.15) is 31.4 Å². The number of aryl methyl sites for hydroxylation is 1. The average Bonchev–Trinajstić information content (AvgIpc) is 3.31. The van der Waals surface area contributed by atoms with Crippen LogP contribution in [-0.2, 0) is 23.2 Å². The molecule has 1 aliphatic heterocycles. The highest BCUT2D eigenvalue weighted by Crippen LogP contribution is 2.32. The van der Waals surface area contributed by atoms with Crippen LogP contribution in [-0.4, -0.2) is 47.4 Å². The molecule has 160 valence electrons. The van der Waals surface area contributed by atoms with Gasteiger partial charge in [-0.15, -0.1) is 0 Å². The molecule has 0 aliphatic carbocycles. The first kappa shape index (κ1) is 20.8. The number of nitrogens with zero attached hydrogens (tertiary/aromatic N) is 4. The molecule has 0 bridgehead atoms. The van der Waals surface area contributed by atoms with Crippen LogP contribution in [0.25, 0.3) is 11.0 Å². The molecule has 0 unspecified atom stereocenters. The van der Waals surface area contributed by atoms with Crippen LogP contribution in [0, 0.1) is 0 Å². The van der Waals surface area contributed by atoms with Crippen LogP contribution in [0.4, 0.5) is 0 Å². The Morgan fingerprint density at radius 3 is 2.43 bits per heavy atom. The monoisotopic (exact) mass is 428 g/mol. The number of hydrogen-bond acceptors (Lipinski definition) is 4. The number of sulfonamides is 1. The van der Waals surface area contributed by atoms with Gasteiger partial charge in [0.2, 0.25) is 10.0 Å². The van der Waals surface area contributed by atoms with Gasteiger partial charge < -0.3 is 0 Å². The third-order valence-corrected chi connectivity index (χ3v) is 7.77. The van der Waals surface area contributed by atoms with Gasteiger partial charge in [0.25, 0.3) is 0 Å². The zero-order valence-corrected chi connectivity index (χ0v) is 18.5. The van der Waals surface area contributed by atoms with Crippen LogP contribution in [0.15, 0.2) is 58.2 Å². The summed E-state index contributed by atoms with van der Waals surface area (Å²) in [4.78, 5) is 15.7. The van der Waals surface area contributed by atoms with E-state index < -0.39 is 10.0 Å². The zero-order valence-electron chi connectivity index (χ0n) is 17.7. The molecule has 2 aromatic carbocycles. The fourth-order valence-electron chi connectivity index (χ4n) is 4.34. The van der Waals surface area contributed by atoms with E-state index in [4.69, 9.17) is 0 Å². The van der Waals surface area contributed by atoms with Crippen molar-refractivity contribution in [2.75, 3.05) is 20.6 Å². The molecule has 1 atom stereocenters. The summed E-state index contributed by atoms with van der Waals surface area (Å²) in [5.41, 5.74) is 2.56. The molecule has 2 heterocycles. The lowest BCUT2D eigenvalue weighted by molar-refractivity contribution is 0.201. The summed E-state index contributed by atoms with van der Waals surface area (Å²) in [7, 11) is -0.557. The average molecular weight is 429 g/mol. The number of rotatable bonds is 6. The fraction of sp³-hybridized carbons (Fsp3) is 0.409. The van der Waals surface area contributed by atoms with Crippen molar-refractivity contribution in [2.45, 2.75) is 43.9 Å². The van der Waals surface area contributed by atoms with Gasteiger partial charge in [0.15, 0.2) is 0 Å². The molecule has 4 rings (SSSR count). The number of likely N-dealkylation sites (tertiary alicyclic amines) is 1. The Morgan fingerprint density at radius 1 is 1.03 bits per heavy atom. The highest BCUT2D eigenvalue weighted by Gasteiger charge is 2.28. The van der Waals surface area contributed by atoms with Crippen LogP contribution in [0.2, 0.25) is 0 Å². The number of fused-ring (bicyclic) bond motifs is 1. The van der Waals surface area contributed by atoms with Gasteiger partial charge in [-0.2, -0.15) is 0 Å². The molecule has 0 amide bonds. The van der Waals surface area contributed by atoms with Crippen molar-refractivity contribution < 1.29 is 8.42 Å². The molecule has 1 aliphatic rings. The lowest BCUT2D eigenvalue weighted by Crippen LogP contribution is -2.33. The smallest absolute Gasteiger partial charge is 0.292 e. The van der Waals surface area contributed by atoms with Gasteiger partial charge in [-0.3, -0.25) is 14.0 Å². The lowest BCUT2D eigenvalue weighted by Gasteiger charge is -2.25. The van der Waals surface area contributed by atoms with E-state index in [2.05, 4.69) is 17.0 Å². The lowest BCUT2D eigenvalue weighted by atomic mass is 10.1. The Kier molecular flexibility index (Phi) is 5.57. The molecule has 0 spiro atoms. The zero-order chi connectivity index (χ0) is 21.5. The number of imidazole rings is 1. The predicted octanol–water partition coefficient (Wildman–Crippen LogP) is 2.87. The van der Waals surface area contributed by atoms with Gasteiger partial charge in [0.05, 0.1) is 22.6 Å². The normalized spacial score (nSPS) is 17.9. The first-order valence-electron chi connectivity index (χ1n) is 10.3. The number of aromatic nitrogens is 2. The Hall–Kier alpha value is -2.42. The Morgan fingerprint density at radius 2 is 1.77 bits per heavy atom. The molecule has 8 heteroatoms. The van der Waals surface area contributed by atoms with Crippen molar-refractivity contribution in [1.29, 1.82) is 0 Å². The highest BCUT2D eigenvalue weighted by atomic mass is 32.2. The van der Waals surface area contributed by atoms with Gasteiger partial charge in [0.1, 0.15) is 0 Å². The molecular formula is C22H28N4O3S. The molecule has 0 radical (unpaired) electrons. The molecule has 0 saturated carbocycles.